The Bertz CT molecular complexity index is 1460. The molecule has 2 aromatic heterocycles. The number of carbonyl (C=O) groups excluding carboxylic acids is 1. The number of rotatable bonds is 12. The molecule has 5 rings (SSSR count). The predicted molar refractivity (Wildman–Crippen MR) is 162 cm³/mol. The van der Waals surface area contributed by atoms with Crippen LogP contribution < -0.4 is 4.74 Å². The number of nitrogens with zero attached hydrogens (tertiary/aromatic N) is 5. The van der Waals surface area contributed by atoms with Crippen LogP contribution in [0.5, 0.6) is 5.75 Å². The van der Waals surface area contributed by atoms with Gasteiger partial charge in [0.05, 0.1) is 17.8 Å². The summed E-state index contributed by atoms with van der Waals surface area (Å²) in [5, 5.41) is 9.19. The molecular formula is C33H38ClN5O3. The Kier molecular flexibility index (Phi) is 10.2. The Hall–Kier alpha value is -3.75. The smallest absolute Gasteiger partial charge is 0.306 e. The molecule has 2 atom stereocenters. The number of ether oxygens (including phenoxy) is 2. The van der Waals surface area contributed by atoms with E-state index in [1.807, 2.05) is 72.4 Å². The summed E-state index contributed by atoms with van der Waals surface area (Å²) >= 11 is 6.76. The van der Waals surface area contributed by atoms with Gasteiger partial charge in [-0.15, -0.1) is 5.10 Å². The van der Waals surface area contributed by atoms with E-state index in [4.69, 9.17) is 21.1 Å². The van der Waals surface area contributed by atoms with Gasteiger partial charge in [-0.1, -0.05) is 66.2 Å². The zero-order valence-corrected chi connectivity index (χ0v) is 25.0. The lowest BCUT2D eigenvalue weighted by molar-refractivity contribution is -0.145. The fourth-order valence-corrected chi connectivity index (χ4v) is 5.47. The number of benzene rings is 2. The highest BCUT2D eigenvalue weighted by molar-refractivity contribution is 6.31. The third-order valence-corrected chi connectivity index (χ3v) is 8.05. The van der Waals surface area contributed by atoms with Gasteiger partial charge in [0.1, 0.15) is 18.5 Å². The van der Waals surface area contributed by atoms with E-state index in [-0.39, 0.29) is 31.0 Å². The van der Waals surface area contributed by atoms with E-state index in [0.29, 0.717) is 24.5 Å². The Morgan fingerprint density at radius 1 is 1.14 bits per heavy atom. The second kappa shape index (κ2) is 14.4. The van der Waals surface area contributed by atoms with E-state index in [2.05, 4.69) is 33.2 Å². The maximum atomic E-state index is 13.0. The van der Waals surface area contributed by atoms with Crippen molar-refractivity contribution in [3.63, 3.8) is 0 Å². The minimum atomic E-state index is -0.226. The molecule has 0 radical (unpaired) electrons. The van der Waals surface area contributed by atoms with E-state index in [1.165, 1.54) is 0 Å². The van der Waals surface area contributed by atoms with Crippen LogP contribution in [0, 0.1) is 0 Å². The first kappa shape index (κ1) is 29.7. The Balaban J connectivity index is 1.34. The van der Waals surface area contributed by atoms with Crippen LogP contribution in [0.2, 0.25) is 5.02 Å². The summed E-state index contributed by atoms with van der Waals surface area (Å²) < 4.78 is 13.7. The first-order chi connectivity index (χ1) is 20.5. The van der Waals surface area contributed by atoms with E-state index in [1.54, 1.807) is 6.20 Å². The first-order valence-electron chi connectivity index (χ1n) is 14.7. The van der Waals surface area contributed by atoms with E-state index in [9.17, 15) is 4.79 Å². The summed E-state index contributed by atoms with van der Waals surface area (Å²) in [5.41, 5.74) is 4.89. The van der Waals surface area contributed by atoms with Crippen molar-refractivity contribution in [3.05, 3.63) is 106 Å². The van der Waals surface area contributed by atoms with Gasteiger partial charge in [0.15, 0.2) is 0 Å². The van der Waals surface area contributed by atoms with Crippen molar-refractivity contribution in [1.82, 2.24) is 24.9 Å². The van der Waals surface area contributed by atoms with Crippen molar-refractivity contribution >= 4 is 17.6 Å². The van der Waals surface area contributed by atoms with Crippen molar-refractivity contribution in [2.75, 3.05) is 6.54 Å². The van der Waals surface area contributed by atoms with Gasteiger partial charge in [0, 0.05) is 43.6 Å². The Labute approximate surface area is 252 Å². The van der Waals surface area contributed by atoms with Crippen LogP contribution in [0.15, 0.2) is 73.1 Å². The van der Waals surface area contributed by atoms with Crippen molar-refractivity contribution in [1.29, 1.82) is 0 Å². The second-order valence-electron chi connectivity index (χ2n) is 10.8. The minimum Gasteiger partial charge on any atom is -0.487 e. The van der Waals surface area contributed by atoms with Crippen LogP contribution in [-0.2, 0) is 42.2 Å². The van der Waals surface area contributed by atoms with Crippen molar-refractivity contribution in [3.8, 4) is 5.75 Å². The topological polar surface area (TPSA) is 82.4 Å². The number of hydrogen-bond donors (Lipinski definition) is 0. The highest BCUT2D eigenvalue weighted by atomic mass is 35.5. The third kappa shape index (κ3) is 7.95. The molecule has 0 spiro atoms. The monoisotopic (exact) mass is 587 g/mol. The van der Waals surface area contributed by atoms with Gasteiger partial charge in [-0.25, -0.2) is 0 Å². The number of esters is 1. The number of aryl methyl sites for hydroxylation is 2. The third-order valence-electron chi connectivity index (χ3n) is 7.68. The molecule has 42 heavy (non-hydrogen) atoms. The van der Waals surface area contributed by atoms with Gasteiger partial charge in [0.25, 0.3) is 0 Å². The molecule has 0 amide bonds. The van der Waals surface area contributed by atoms with Crippen molar-refractivity contribution < 1.29 is 14.3 Å². The van der Waals surface area contributed by atoms with E-state index in [0.717, 1.165) is 59.8 Å². The number of carbonyl (C=O) groups is 1. The molecular weight excluding hydrogens is 550 g/mol. The van der Waals surface area contributed by atoms with Gasteiger partial charge in [-0.2, -0.15) is 0 Å². The standard InChI is InChI=1S/C33H38ClN5O3/c1-3-29-21-38(22-31-32(42-29)11-8-16-35-31)19-27-17-25(13-15-30(27)34)26(12-14-28-20-39(4-2)37-36-28)18-33(40)41-23-24-9-6-5-7-10-24/h5-11,13,15-17,20,26,29H,3-4,12,14,18-19,21-23H2,1-2H3/t26?,29-/m1/s1. The minimum absolute atomic E-state index is 0.0608. The zero-order chi connectivity index (χ0) is 29.3. The molecule has 220 valence electrons. The van der Waals surface area contributed by atoms with Gasteiger partial charge in [-0.3, -0.25) is 19.4 Å². The molecule has 8 nitrogen and oxygen atoms in total. The van der Waals surface area contributed by atoms with Crippen LogP contribution in [0.1, 0.15) is 67.1 Å². The number of aromatic nitrogens is 4. The summed E-state index contributed by atoms with van der Waals surface area (Å²) in [4.78, 5) is 20.0. The number of halogens is 1. The van der Waals surface area contributed by atoms with E-state index < -0.39 is 0 Å². The molecule has 0 aliphatic carbocycles. The summed E-state index contributed by atoms with van der Waals surface area (Å²) in [5.74, 6) is 0.561. The lowest BCUT2D eigenvalue weighted by Gasteiger charge is -2.24. The highest BCUT2D eigenvalue weighted by Gasteiger charge is 2.24. The van der Waals surface area contributed by atoms with Gasteiger partial charge in [-0.05, 0) is 67.0 Å². The van der Waals surface area contributed by atoms with Crippen LogP contribution in [0.25, 0.3) is 0 Å². The van der Waals surface area contributed by atoms with Crippen LogP contribution in [0.3, 0.4) is 0 Å². The lowest BCUT2D eigenvalue weighted by atomic mass is 9.89. The van der Waals surface area contributed by atoms with E-state index >= 15 is 0 Å². The second-order valence-corrected chi connectivity index (χ2v) is 11.2. The number of hydrogen-bond acceptors (Lipinski definition) is 7. The summed E-state index contributed by atoms with van der Waals surface area (Å²) in [6, 6.07) is 19.8. The average Bonchev–Trinajstić information content (AvgIpc) is 3.40. The van der Waals surface area contributed by atoms with Crippen LogP contribution in [0.4, 0.5) is 0 Å². The van der Waals surface area contributed by atoms with Crippen molar-refractivity contribution in [2.24, 2.45) is 0 Å². The van der Waals surface area contributed by atoms with Crippen molar-refractivity contribution in [2.45, 2.75) is 77.8 Å². The SMILES string of the molecule is CC[C@@H]1CN(Cc2cc(C(CCc3cn(CC)nn3)CC(=O)OCc3ccccc3)ccc2Cl)Cc2ncccc2O1. The zero-order valence-electron chi connectivity index (χ0n) is 24.3. The molecule has 1 aliphatic rings. The van der Waals surface area contributed by atoms with Crippen LogP contribution >= 0.6 is 11.6 Å². The maximum Gasteiger partial charge on any atom is 0.306 e. The quantitative estimate of drug-likeness (QED) is 0.178. The largest absolute Gasteiger partial charge is 0.487 e. The molecule has 0 fully saturated rings. The molecule has 1 unspecified atom stereocenters. The molecule has 1 aliphatic heterocycles. The molecule has 9 heteroatoms. The summed E-state index contributed by atoms with van der Waals surface area (Å²) in [7, 11) is 0. The molecule has 0 saturated carbocycles. The number of fused-ring (bicyclic) bond motifs is 1. The highest BCUT2D eigenvalue weighted by Crippen LogP contribution is 2.31. The fraction of sp³-hybridized carbons (Fsp3) is 0.394. The van der Waals surface area contributed by atoms with Gasteiger partial charge in [0.2, 0.25) is 0 Å². The molecule has 4 aromatic rings. The van der Waals surface area contributed by atoms with Gasteiger partial charge < -0.3 is 9.47 Å². The molecule has 0 N–H and O–H groups in total. The number of pyridine rings is 1. The summed E-state index contributed by atoms with van der Waals surface area (Å²) in [6.45, 7) is 7.30. The Morgan fingerprint density at radius 2 is 2.00 bits per heavy atom. The maximum absolute atomic E-state index is 13.0. The normalized spacial score (nSPS) is 15.8. The first-order valence-corrected chi connectivity index (χ1v) is 15.1. The molecule has 0 saturated heterocycles. The lowest BCUT2D eigenvalue weighted by Crippen LogP contribution is -2.32. The fourth-order valence-electron chi connectivity index (χ4n) is 5.29. The molecule has 3 heterocycles. The molecule has 0 bridgehead atoms. The predicted octanol–water partition coefficient (Wildman–Crippen LogP) is 6.37. The Morgan fingerprint density at radius 3 is 2.79 bits per heavy atom. The summed E-state index contributed by atoms with van der Waals surface area (Å²) in [6.07, 6.45) is 6.45. The van der Waals surface area contributed by atoms with Gasteiger partial charge >= 0.3 is 5.97 Å². The average molecular weight is 588 g/mol. The van der Waals surface area contributed by atoms with Crippen LogP contribution in [-0.4, -0.2) is 43.5 Å². The molecule has 2 aromatic carbocycles.